The normalized spacial score (nSPS) is 21.1. The van der Waals surface area contributed by atoms with Crippen LogP contribution in [-0.2, 0) is 11.4 Å². The van der Waals surface area contributed by atoms with Crippen LogP contribution in [0.4, 0.5) is 0 Å². The first kappa shape index (κ1) is 24.7. The van der Waals surface area contributed by atoms with Crippen molar-refractivity contribution in [2.45, 2.75) is 25.9 Å². The first-order valence-electron chi connectivity index (χ1n) is 12.9. The highest BCUT2D eigenvalue weighted by atomic mass is 16.5. The van der Waals surface area contributed by atoms with Crippen LogP contribution >= 0.6 is 0 Å². The van der Waals surface area contributed by atoms with Gasteiger partial charge in [0.1, 0.15) is 23.9 Å². The van der Waals surface area contributed by atoms with E-state index in [1.807, 2.05) is 35.2 Å². The largest absolute Gasteiger partial charge is 0.507 e. The molecule has 1 aliphatic heterocycles. The van der Waals surface area contributed by atoms with Gasteiger partial charge in [-0.15, -0.1) is 0 Å². The summed E-state index contributed by atoms with van der Waals surface area (Å²) in [5.41, 5.74) is 1.29. The van der Waals surface area contributed by atoms with Crippen molar-refractivity contribution in [1.82, 2.24) is 10.2 Å². The first-order chi connectivity index (χ1) is 18.1. The molecule has 0 bridgehead atoms. The molecule has 3 atom stereocenters. The Hall–Kier alpha value is -4.00. The van der Waals surface area contributed by atoms with Crippen LogP contribution in [0, 0.1) is 17.8 Å². The van der Waals surface area contributed by atoms with E-state index in [1.165, 1.54) is 12.1 Å². The number of nitrogens with zero attached hydrogens (tertiary/aromatic N) is 1. The molecule has 1 saturated heterocycles. The van der Waals surface area contributed by atoms with Crippen molar-refractivity contribution in [2.75, 3.05) is 19.6 Å². The molecule has 2 amide bonds. The van der Waals surface area contributed by atoms with Gasteiger partial charge in [-0.2, -0.15) is 0 Å². The second-order valence-electron chi connectivity index (χ2n) is 9.87. The molecule has 2 heterocycles. The van der Waals surface area contributed by atoms with E-state index >= 15 is 0 Å². The molecule has 1 saturated carbocycles. The van der Waals surface area contributed by atoms with Gasteiger partial charge in [-0.1, -0.05) is 36.8 Å². The summed E-state index contributed by atoms with van der Waals surface area (Å²) >= 11 is 0. The molecule has 5 rings (SSSR count). The number of nitrogens with one attached hydrogen (secondary N) is 1. The van der Waals surface area contributed by atoms with E-state index in [1.54, 1.807) is 36.6 Å². The minimum atomic E-state index is -0.179. The lowest BCUT2D eigenvalue weighted by Gasteiger charge is -2.32. The fourth-order valence-corrected chi connectivity index (χ4v) is 5.53. The van der Waals surface area contributed by atoms with Gasteiger partial charge in [0.2, 0.25) is 5.91 Å². The van der Waals surface area contributed by atoms with Crippen LogP contribution in [0.25, 0.3) is 6.08 Å². The third kappa shape index (κ3) is 6.05. The Labute approximate surface area is 216 Å². The number of phenols is 1. The van der Waals surface area contributed by atoms with Gasteiger partial charge >= 0.3 is 0 Å². The summed E-state index contributed by atoms with van der Waals surface area (Å²) < 4.78 is 11.1. The molecular formula is C30H32N2O5. The van der Waals surface area contributed by atoms with Gasteiger partial charge in [0, 0.05) is 25.7 Å². The minimum absolute atomic E-state index is 0.0425. The van der Waals surface area contributed by atoms with E-state index in [4.69, 9.17) is 9.15 Å². The highest BCUT2D eigenvalue weighted by Gasteiger charge is 2.42. The van der Waals surface area contributed by atoms with Crippen molar-refractivity contribution in [1.29, 1.82) is 0 Å². The van der Waals surface area contributed by atoms with Crippen molar-refractivity contribution < 1.29 is 23.8 Å². The zero-order chi connectivity index (χ0) is 25.6. The number of rotatable bonds is 8. The molecule has 7 nitrogen and oxygen atoms in total. The number of ether oxygens (including phenoxy) is 1. The number of benzene rings is 2. The van der Waals surface area contributed by atoms with Gasteiger partial charge < -0.3 is 24.5 Å². The van der Waals surface area contributed by atoms with Gasteiger partial charge in [-0.25, -0.2) is 0 Å². The average Bonchev–Trinajstić information content (AvgIpc) is 3.61. The number of amides is 2. The van der Waals surface area contributed by atoms with Gasteiger partial charge in [0.05, 0.1) is 11.8 Å². The van der Waals surface area contributed by atoms with Crippen LogP contribution in [-0.4, -0.2) is 41.5 Å². The fraction of sp³-hybridized carbons (Fsp3) is 0.333. The van der Waals surface area contributed by atoms with Crippen molar-refractivity contribution in [3.05, 3.63) is 89.9 Å². The summed E-state index contributed by atoms with van der Waals surface area (Å²) in [5.74, 6) is 1.85. The fourth-order valence-electron chi connectivity index (χ4n) is 5.53. The highest BCUT2D eigenvalue weighted by molar-refractivity contribution is 5.97. The molecule has 2 aromatic carbocycles. The summed E-state index contributed by atoms with van der Waals surface area (Å²) in [6, 6.07) is 18.2. The topological polar surface area (TPSA) is 92.0 Å². The molecular weight excluding hydrogens is 468 g/mol. The van der Waals surface area contributed by atoms with E-state index in [9.17, 15) is 14.7 Å². The van der Waals surface area contributed by atoms with E-state index in [0.29, 0.717) is 55.5 Å². The molecule has 192 valence electrons. The number of furan rings is 1. The Balaban J connectivity index is 1.19. The molecule has 1 aromatic heterocycles. The quantitative estimate of drug-likeness (QED) is 0.430. The maximum Gasteiger partial charge on any atom is 0.257 e. The summed E-state index contributed by atoms with van der Waals surface area (Å²) in [7, 11) is 0. The number of aromatic hydroxyl groups is 1. The summed E-state index contributed by atoms with van der Waals surface area (Å²) in [4.78, 5) is 27.6. The highest BCUT2D eigenvalue weighted by Crippen LogP contribution is 2.41. The lowest BCUT2D eigenvalue weighted by molar-refractivity contribution is -0.116. The Morgan fingerprint density at radius 1 is 1.08 bits per heavy atom. The molecule has 0 spiro atoms. The number of fused-ring (bicyclic) bond motifs is 1. The van der Waals surface area contributed by atoms with E-state index in [2.05, 4.69) is 5.32 Å². The predicted molar refractivity (Wildman–Crippen MR) is 140 cm³/mol. The Kier molecular flexibility index (Phi) is 7.59. The van der Waals surface area contributed by atoms with Crippen molar-refractivity contribution in [2.24, 2.45) is 17.8 Å². The summed E-state index contributed by atoms with van der Waals surface area (Å²) in [5, 5.41) is 13.5. The summed E-state index contributed by atoms with van der Waals surface area (Å²) in [6.45, 7) is 2.26. The van der Waals surface area contributed by atoms with Crippen molar-refractivity contribution in [3.8, 4) is 11.5 Å². The number of phenolic OH excluding ortho intramolecular Hbond substituents is 1. The van der Waals surface area contributed by atoms with E-state index in [-0.39, 0.29) is 23.1 Å². The number of hydrogen-bond acceptors (Lipinski definition) is 5. The predicted octanol–water partition coefficient (Wildman–Crippen LogP) is 4.88. The van der Waals surface area contributed by atoms with Crippen LogP contribution in [0.1, 0.15) is 40.9 Å². The van der Waals surface area contributed by atoms with Gasteiger partial charge in [-0.05, 0) is 72.6 Å². The molecule has 37 heavy (non-hydrogen) atoms. The molecule has 1 aliphatic carbocycles. The van der Waals surface area contributed by atoms with Gasteiger partial charge in [0.25, 0.3) is 5.91 Å². The lowest BCUT2D eigenvalue weighted by atomic mass is 9.74. The Morgan fingerprint density at radius 2 is 1.95 bits per heavy atom. The van der Waals surface area contributed by atoms with Crippen molar-refractivity contribution >= 4 is 17.9 Å². The maximum atomic E-state index is 13.4. The van der Waals surface area contributed by atoms with Gasteiger partial charge in [0.15, 0.2) is 0 Å². The van der Waals surface area contributed by atoms with E-state index < -0.39 is 0 Å². The van der Waals surface area contributed by atoms with Crippen LogP contribution in [0.5, 0.6) is 11.5 Å². The Bertz CT molecular complexity index is 1240. The Morgan fingerprint density at radius 3 is 2.76 bits per heavy atom. The number of carbonyl (C=O) groups is 2. The lowest BCUT2D eigenvalue weighted by Crippen LogP contribution is -2.37. The van der Waals surface area contributed by atoms with Crippen LogP contribution in [0.2, 0.25) is 0 Å². The number of hydrogen-bond donors (Lipinski definition) is 2. The SMILES string of the molecule is O=C(/C=C/c1ccco1)NC[C@H]1CCC[C@@H]2CN(C(=O)c3cc(OCc4ccccc4)ccc3O)C[C@H]12. The monoisotopic (exact) mass is 500 g/mol. The smallest absolute Gasteiger partial charge is 0.257 e. The molecule has 2 aliphatic rings. The van der Waals surface area contributed by atoms with Gasteiger partial charge in [-0.3, -0.25) is 9.59 Å². The van der Waals surface area contributed by atoms with E-state index in [0.717, 1.165) is 24.8 Å². The number of likely N-dealkylation sites (tertiary alicyclic amines) is 1. The van der Waals surface area contributed by atoms with Crippen LogP contribution in [0.3, 0.4) is 0 Å². The van der Waals surface area contributed by atoms with Crippen LogP contribution in [0.15, 0.2) is 77.4 Å². The second-order valence-corrected chi connectivity index (χ2v) is 9.87. The minimum Gasteiger partial charge on any atom is -0.507 e. The molecule has 3 aromatic rings. The van der Waals surface area contributed by atoms with Crippen LogP contribution < -0.4 is 10.1 Å². The summed E-state index contributed by atoms with van der Waals surface area (Å²) in [6.07, 6.45) is 7.89. The zero-order valence-electron chi connectivity index (χ0n) is 20.7. The maximum absolute atomic E-state index is 13.4. The molecule has 7 heteroatoms. The molecule has 2 fully saturated rings. The van der Waals surface area contributed by atoms with Crippen molar-refractivity contribution in [3.63, 3.8) is 0 Å². The average molecular weight is 501 g/mol. The molecule has 0 radical (unpaired) electrons. The first-order valence-corrected chi connectivity index (χ1v) is 12.9. The zero-order valence-corrected chi connectivity index (χ0v) is 20.7. The third-order valence-corrected chi connectivity index (χ3v) is 7.46. The number of carbonyl (C=O) groups excluding carboxylic acids is 2. The third-order valence-electron chi connectivity index (χ3n) is 7.46. The standard InChI is InChI=1S/C30H32N2O5/c33-28-13-11-25(37-20-21-6-2-1-3-7-21)16-26(28)30(35)32-18-23-9-4-8-22(27(23)19-32)17-31-29(34)14-12-24-10-5-15-36-24/h1-3,5-7,10-16,22-23,27,33H,4,8-9,17-20H2,(H,31,34)/b14-12+/t22-,23-,27-/m1/s1. The second kappa shape index (κ2) is 11.4. The molecule has 0 unspecified atom stereocenters. The molecule has 2 N–H and O–H groups in total.